The van der Waals surface area contributed by atoms with Crippen molar-refractivity contribution in [1.29, 1.82) is 0 Å². The summed E-state index contributed by atoms with van der Waals surface area (Å²) >= 11 is 3.32. The maximum atomic E-state index is 9.32. The lowest BCUT2D eigenvalue weighted by molar-refractivity contribution is 0.471. The van der Waals surface area contributed by atoms with E-state index in [1.165, 1.54) is 18.4 Å². The topological polar surface area (TPSA) is 32.3 Å². The van der Waals surface area contributed by atoms with Crippen molar-refractivity contribution in [3.8, 4) is 5.75 Å². The zero-order chi connectivity index (χ0) is 9.26. The third kappa shape index (κ3) is 2.41. The average molecular weight is 279 g/mol. The van der Waals surface area contributed by atoms with Crippen LogP contribution in [0.4, 0.5) is 0 Å². The molecule has 0 aromatic heterocycles. The largest absolute Gasteiger partial charge is 0.507 e. The van der Waals surface area contributed by atoms with Gasteiger partial charge in [0.15, 0.2) is 0 Å². The van der Waals surface area contributed by atoms with Crippen LogP contribution in [-0.2, 0) is 0 Å². The molecule has 1 aromatic carbocycles. The van der Waals surface area contributed by atoms with E-state index in [-0.39, 0.29) is 12.4 Å². The molecule has 1 heterocycles. The molecule has 1 atom stereocenters. The van der Waals surface area contributed by atoms with Crippen molar-refractivity contribution in [2.75, 3.05) is 6.54 Å². The summed E-state index contributed by atoms with van der Waals surface area (Å²) in [5.74, 6) is 0.307. The van der Waals surface area contributed by atoms with Gasteiger partial charge in [-0.2, -0.15) is 0 Å². The summed E-state index contributed by atoms with van der Waals surface area (Å²) in [6, 6.07) is 6.16. The highest BCUT2D eigenvalue weighted by Gasteiger charge is 2.16. The summed E-state index contributed by atoms with van der Waals surface area (Å²) in [5.41, 5.74) is 1.25. The summed E-state index contributed by atoms with van der Waals surface area (Å²) < 4.78 is 0.777. The predicted molar refractivity (Wildman–Crippen MR) is 63.0 cm³/mol. The second-order valence-electron chi connectivity index (χ2n) is 3.36. The van der Waals surface area contributed by atoms with E-state index in [1.54, 1.807) is 6.07 Å². The fraction of sp³-hybridized carbons (Fsp3) is 0.400. The van der Waals surface area contributed by atoms with Crippen molar-refractivity contribution in [3.63, 3.8) is 0 Å². The number of hydrogen-bond donors (Lipinski definition) is 2. The van der Waals surface area contributed by atoms with Crippen LogP contribution in [0.5, 0.6) is 5.75 Å². The monoisotopic (exact) mass is 277 g/mol. The third-order valence-corrected chi connectivity index (χ3v) is 3.07. The van der Waals surface area contributed by atoms with Gasteiger partial charge >= 0.3 is 0 Å². The summed E-state index contributed by atoms with van der Waals surface area (Å²) in [4.78, 5) is 0. The van der Waals surface area contributed by atoms with Gasteiger partial charge in [0.1, 0.15) is 5.75 Å². The summed E-state index contributed by atoms with van der Waals surface area (Å²) in [6.45, 7) is 1.10. The standard InChI is InChI=1S/C10H12BrNO.ClH/c11-8-6-7(3-4-10(8)13)9-2-1-5-12-9;/h3-4,6,9,12-13H,1-2,5H2;1H/t9-;/m0./s1. The summed E-state index contributed by atoms with van der Waals surface area (Å²) in [5, 5.41) is 12.7. The Morgan fingerprint density at radius 3 is 2.79 bits per heavy atom. The Balaban J connectivity index is 0.000000980. The highest BCUT2D eigenvalue weighted by Crippen LogP contribution is 2.30. The Labute approximate surface area is 98.3 Å². The molecule has 1 saturated heterocycles. The first-order chi connectivity index (χ1) is 6.27. The molecule has 1 fully saturated rings. The Morgan fingerprint density at radius 2 is 2.21 bits per heavy atom. The van der Waals surface area contributed by atoms with Crippen molar-refractivity contribution in [2.45, 2.75) is 18.9 Å². The van der Waals surface area contributed by atoms with Gasteiger partial charge in [0.2, 0.25) is 0 Å². The number of halogens is 2. The SMILES string of the molecule is Cl.Oc1ccc([C@@H]2CCCN2)cc1Br. The molecule has 0 amide bonds. The smallest absolute Gasteiger partial charge is 0.129 e. The molecule has 2 N–H and O–H groups in total. The van der Waals surface area contributed by atoms with Crippen LogP contribution < -0.4 is 5.32 Å². The molecule has 2 nitrogen and oxygen atoms in total. The number of rotatable bonds is 1. The van der Waals surface area contributed by atoms with Gasteiger partial charge in [-0.05, 0) is 53.0 Å². The van der Waals surface area contributed by atoms with Crippen LogP contribution in [0.15, 0.2) is 22.7 Å². The van der Waals surface area contributed by atoms with Crippen LogP contribution in [0.25, 0.3) is 0 Å². The van der Waals surface area contributed by atoms with E-state index in [1.807, 2.05) is 12.1 Å². The molecule has 0 unspecified atom stereocenters. The summed E-state index contributed by atoms with van der Waals surface area (Å²) in [7, 11) is 0. The molecule has 2 rings (SSSR count). The van der Waals surface area contributed by atoms with Crippen LogP contribution in [0.3, 0.4) is 0 Å². The first-order valence-corrected chi connectivity index (χ1v) is 5.28. The van der Waals surface area contributed by atoms with Gasteiger partial charge < -0.3 is 10.4 Å². The normalized spacial score (nSPS) is 20.5. The molecule has 0 spiro atoms. The number of phenols is 1. The van der Waals surface area contributed by atoms with Crippen molar-refractivity contribution >= 4 is 28.3 Å². The first-order valence-electron chi connectivity index (χ1n) is 4.49. The molecule has 1 aliphatic rings. The fourth-order valence-electron chi connectivity index (χ4n) is 1.71. The molecular formula is C10H13BrClNO. The zero-order valence-corrected chi connectivity index (χ0v) is 10.1. The van der Waals surface area contributed by atoms with Gasteiger partial charge in [0, 0.05) is 6.04 Å². The van der Waals surface area contributed by atoms with E-state index >= 15 is 0 Å². The highest BCUT2D eigenvalue weighted by atomic mass is 79.9. The Bertz CT molecular complexity index is 313. The number of nitrogens with one attached hydrogen (secondary N) is 1. The Hall–Kier alpha value is -0.250. The Morgan fingerprint density at radius 1 is 1.43 bits per heavy atom. The minimum absolute atomic E-state index is 0. The fourth-order valence-corrected chi connectivity index (χ4v) is 2.11. The molecule has 78 valence electrons. The lowest BCUT2D eigenvalue weighted by atomic mass is 10.1. The molecular weight excluding hydrogens is 265 g/mol. The van der Waals surface area contributed by atoms with Crippen LogP contribution in [0, 0.1) is 0 Å². The molecule has 14 heavy (non-hydrogen) atoms. The zero-order valence-electron chi connectivity index (χ0n) is 7.66. The van der Waals surface area contributed by atoms with Crippen molar-refractivity contribution in [1.82, 2.24) is 5.32 Å². The lowest BCUT2D eigenvalue weighted by Crippen LogP contribution is -2.12. The number of benzene rings is 1. The van der Waals surface area contributed by atoms with Gasteiger partial charge in [-0.3, -0.25) is 0 Å². The number of aromatic hydroxyl groups is 1. The Kier molecular flexibility index (Phi) is 4.23. The summed E-state index contributed by atoms with van der Waals surface area (Å²) in [6.07, 6.45) is 2.43. The van der Waals surface area contributed by atoms with E-state index in [9.17, 15) is 5.11 Å². The van der Waals surface area contributed by atoms with Gasteiger partial charge in [-0.1, -0.05) is 6.07 Å². The average Bonchev–Trinajstić information content (AvgIpc) is 2.62. The molecule has 0 aliphatic carbocycles. The molecule has 1 aromatic rings. The van der Waals surface area contributed by atoms with Crippen molar-refractivity contribution < 1.29 is 5.11 Å². The quantitative estimate of drug-likeness (QED) is 0.828. The van der Waals surface area contributed by atoms with Crippen molar-refractivity contribution in [3.05, 3.63) is 28.2 Å². The van der Waals surface area contributed by atoms with Crippen LogP contribution in [-0.4, -0.2) is 11.7 Å². The lowest BCUT2D eigenvalue weighted by Gasteiger charge is -2.10. The van der Waals surface area contributed by atoms with E-state index < -0.39 is 0 Å². The van der Waals surface area contributed by atoms with E-state index in [0.29, 0.717) is 11.8 Å². The van der Waals surface area contributed by atoms with Crippen LogP contribution in [0.2, 0.25) is 0 Å². The minimum atomic E-state index is 0. The second kappa shape index (κ2) is 5.01. The minimum Gasteiger partial charge on any atom is -0.507 e. The molecule has 0 bridgehead atoms. The maximum Gasteiger partial charge on any atom is 0.129 e. The number of hydrogen-bond acceptors (Lipinski definition) is 2. The van der Waals surface area contributed by atoms with Gasteiger partial charge in [-0.25, -0.2) is 0 Å². The number of phenolic OH excluding ortho intramolecular Hbond substituents is 1. The van der Waals surface area contributed by atoms with Crippen molar-refractivity contribution in [2.24, 2.45) is 0 Å². The van der Waals surface area contributed by atoms with E-state index in [0.717, 1.165) is 11.0 Å². The first kappa shape index (κ1) is 11.8. The maximum absolute atomic E-state index is 9.32. The van der Waals surface area contributed by atoms with E-state index in [2.05, 4.69) is 21.2 Å². The molecule has 4 heteroatoms. The van der Waals surface area contributed by atoms with Gasteiger partial charge in [-0.15, -0.1) is 12.4 Å². The van der Waals surface area contributed by atoms with E-state index in [4.69, 9.17) is 0 Å². The molecule has 0 saturated carbocycles. The second-order valence-corrected chi connectivity index (χ2v) is 4.21. The predicted octanol–water partition coefficient (Wildman–Crippen LogP) is 3.00. The van der Waals surface area contributed by atoms with Gasteiger partial charge in [0.25, 0.3) is 0 Å². The molecule has 0 radical (unpaired) electrons. The molecule has 1 aliphatic heterocycles. The third-order valence-electron chi connectivity index (χ3n) is 2.43. The van der Waals surface area contributed by atoms with Crippen LogP contribution >= 0.6 is 28.3 Å². The van der Waals surface area contributed by atoms with Gasteiger partial charge in [0.05, 0.1) is 4.47 Å². The highest BCUT2D eigenvalue weighted by molar-refractivity contribution is 9.10. The van der Waals surface area contributed by atoms with Crippen LogP contribution in [0.1, 0.15) is 24.4 Å².